The topological polar surface area (TPSA) is 38.3 Å². The summed E-state index contributed by atoms with van der Waals surface area (Å²) in [6, 6.07) is 13.4. The van der Waals surface area contributed by atoms with Crippen LogP contribution in [0.15, 0.2) is 51.3 Å². The average molecular weight is 276 g/mol. The molecule has 0 fully saturated rings. The molecule has 4 heteroatoms. The quantitative estimate of drug-likeness (QED) is 0.768. The average Bonchev–Trinajstić information content (AvgIpc) is 3.01. The minimum absolute atomic E-state index is 0.120. The van der Waals surface area contributed by atoms with Gasteiger partial charge in [0.05, 0.1) is 0 Å². The Morgan fingerprint density at radius 1 is 1.11 bits per heavy atom. The zero-order chi connectivity index (χ0) is 13.2. The number of hydrogen-bond acceptors (Lipinski definition) is 3. The van der Waals surface area contributed by atoms with E-state index in [4.69, 9.17) is 20.4 Å². The molecule has 0 amide bonds. The first-order valence-corrected chi connectivity index (χ1v) is 6.63. The SMILES string of the molecule is CCNC(c1ccc(Cl)o1)c1cc2ccccc2o1. The Hall–Kier alpha value is -1.71. The lowest BCUT2D eigenvalue weighted by Gasteiger charge is -2.12. The highest BCUT2D eigenvalue weighted by molar-refractivity contribution is 6.28. The van der Waals surface area contributed by atoms with Crippen molar-refractivity contribution in [1.82, 2.24) is 5.32 Å². The fourth-order valence-electron chi connectivity index (χ4n) is 2.17. The first-order valence-electron chi connectivity index (χ1n) is 6.25. The van der Waals surface area contributed by atoms with Crippen LogP contribution in [0.1, 0.15) is 24.5 Å². The molecule has 0 bridgehead atoms. The lowest BCUT2D eigenvalue weighted by molar-refractivity contribution is 0.404. The molecule has 0 radical (unpaired) electrons. The van der Waals surface area contributed by atoms with E-state index in [0.29, 0.717) is 5.22 Å². The molecule has 1 unspecified atom stereocenters. The Bertz CT molecular complexity index is 653. The summed E-state index contributed by atoms with van der Waals surface area (Å²) in [6.07, 6.45) is 0. The molecule has 3 nitrogen and oxygen atoms in total. The Kier molecular flexibility index (Phi) is 3.32. The third-order valence-electron chi connectivity index (χ3n) is 3.02. The monoisotopic (exact) mass is 275 g/mol. The van der Waals surface area contributed by atoms with Crippen LogP contribution in [0, 0.1) is 0 Å². The van der Waals surface area contributed by atoms with Crippen LogP contribution in [0.4, 0.5) is 0 Å². The third-order valence-corrected chi connectivity index (χ3v) is 3.22. The molecule has 0 aliphatic heterocycles. The predicted molar refractivity (Wildman–Crippen MR) is 75.5 cm³/mol. The summed E-state index contributed by atoms with van der Waals surface area (Å²) < 4.78 is 11.4. The number of fused-ring (bicyclic) bond motifs is 1. The van der Waals surface area contributed by atoms with Gasteiger partial charge < -0.3 is 14.2 Å². The predicted octanol–water partition coefficient (Wildman–Crippen LogP) is 4.38. The Labute approximate surface area is 116 Å². The van der Waals surface area contributed by atoms with Crippen LogP contribution in [0.3, 0.4) is 0 Å². The van der Waals surface area contributed by atoms with Crippen LogP contribution >= 0.6 is 11.6 Å². The molecule has 3 rings (SSSR count). The second-order valence-electron chi connectivity index (χ2n) is 4.32. The Morgan fingerprint density at radius 3 is 2.63 bits per heavy atom. The van der Waals surface area contributed by atoms with E-state index < -0.39 is 0 Å². The summed E-state index contributed by atoms with van der Waals surface area (Å²) in [6.45, 7) is 2.85. The summed E-state index contributed by atoms with van der Waals surface area (Å²) in [5.41, 5.74) is 0.873. The summed E-state index contributed by atoms with van der Waals surface area (Å²) in [5, 5.41) is 4.81. The number of nitrogens with one attached hydrogen (secondary N) is 1. The number of furan rings is 2. The highest BCUT2D eigenvalue weighted by Gasteiger charge is 2.20. The van der Waals surface area contributed by atoms with Gasteiger partial charge in [-0.25, -0.2) is 0 Å². The van der Waals surface area contributed by atoms with Gasteiger partial charge in [-0.1, -0.05) is 25.1 Å². The van der Waals surface area contributed by atoms with Gasteiger partial charge in [0.1, 0.15) is 23.1 Å². The van der Waals surface area contributed by atoms with E-state index in [9.17, 15) is 0 Å². The highest BCUT2D eigenvalue weighted by Crippen LogP contribution is 2.30. The fourth-order valence-corrected chi connectivity index (χ4v) is 2.33. The highest BCUT2D eigenvalue weighted by atomic mass is 35.5. The molecule has 98 valence electrons. The van der Waals surface area contributed by atoms with E-state index >= 15 is 0 Å². The van der Waals surface area contributed by atoms with E-state index in [-0.39, 0.29) is 6.04 Å². The number of hydrogen-bond donors (Lipinski definition) is 1. The van der Waals surface area contributed by atoms with Gasteiger partial charge in [0.15, 0.2) is 5.22 Å². The van der Waals surface area contributed by atoms with Gasteiger partial charge in [0.25, 0.3) is 0 Å². The molecule has 0 saturated carbocycles. The van der Waals surface area contributed by atoms with E-state index in [1.165, 1.54) is 0 Å². The largest absolute Gasteiger partial charge is 0.459 e. The van der Waals surface area contributed by atoms with Gasteiger partial charge in [-0.3, -0.25) is 0 Å². The summed E-state index contributed by atoms with van der Waals surface area (Å²) >= 11 is 5.85. The van der Waals surface area contributed by atoms with Gasteiger partial charge in [0, 0.05) is 5.39 Å². The molecule has 0 aliphatic rings. The van der Waals surface area contributed by atoms with Crippen molar-refractivity contribution in [2.75, 3.05) is 6.54 Å². The molecule has 0 spiro atoms. The van der Waals surface area contributed by atoms with Crippen molar-refractivity contribution in [2.45, 2.75) is 13.0 Å². The van der Waals surface area contributed by atoms with Crippen molar-refractivity contribution in [2.24, 2.45) is 0 Å². The molecular formula is C15H14ClNO2. The second-order valence-corrected chi connectivity index (χ2v) is 4.69. The van der Waals surface area contributed by atoms with Gasteiger partial charge in [0.2, 0.25) is 0 Å². The van der Waals surface area contributed by atoms with E-state index in [2.05, 4.69) is 5.32 Å². The molecule has 1 N–H and O–H groups in total. The molecule has 1 atom stereocenters. The first-order chi connectivity index (χ1) is 9.28. The Balaban J connectivity index is 2.03. The maximum absolute atomic E-state index is 5.88. The normalized spacial score (nSPS) is 12.9. The number of rotatable bonds is 4. The van der Waals surface area contributed by atoms with Gasteiger partial charge >= 0.3 is 0 Å². The molecule has 0 aliphatic carbocycles. The fraction of sp³-hybridized carbons (Fsp3) is 0.200. The number of halogens is 1. The van der Waals surface area contributed by atoms with Crippen molar-refractivity contribution >= 4 is 22.6 Å². The van der Waals surface area contributed by atoms with Crippen molar-refractivity contribution in [3.63, 3.8) is 0 Å². The second kappa shape index (κ2) is 5.11. The minimum Gasteiger partial charge on any atom is -0.459 e. The molecule has 1 aromatic carbocycles. The molecule has 19 heavy (non-hydrogen) atoms. The Morgan fingerprint density at radius 2 is 1.95 bits per heavy atom. The van der Waals surface area contributed by atoms with Gasteiger partial charge in [-0.2, -0.15) is 0 Å². The van der Waals surface area contributed by atoms with Crippen LogP contribution in [-0.2, 0) is 0 Å². The maximum atomic E-state index is 5.88. The van der Waals surface area contributed by atoms with Crippen LogP contribution in [-0.4, -0.2) is 6.54 Å². The third kappa shape index (κ3) is 2.39. The van der Waals surface area contributed by atoms with Crippen LogP contribution < -0.4 is 5.32 Å². The zero-order valence-electron chi connectivity index (χ0n) is 10.5. The van der Waals surface area contributed by atoms with Gasteiger partial charge in [-0.15, -0.1) is 0 Å². The number of benzene rings is 1. The summed E-state index contributed by atoms with van der Waals surface area (Å²) in [7, 11) is 0. The van der Waals surface area contributed by atoms with Crippen molar-refractivity contribution in [1.29, 1.82) is 0 Å². The molecule has 2 heterocycles. The molecule has 3 aromatic rings. The van der Waals surface area contributed by atoms with Crippen LogP contribution in [0.25, 0.3) is 11.0 Å². The lowest BCUT2D eigenvalue weighted by Crippen LogP contribution is -2.20. The number of para-hydroxylation sites is 1. The van der Waals surface area contributed by atoms with Crippen LogP contribution in [0.2, 0.25) is 5.22 Å². The zero-order valence-corrected chi connectivity index (χ0v) is 11.3. The summed E-state index contributed by atoms with van der Waals surface area (Å²) in [4.78, 5) is 0. The van der Waals surface area contributed by atoms with Gasteiger partial charge in [-0.05, 0) is 42.4 Å². The molecule has 0 saturated heterocycles. The van der Waals surface area contributed by atoms with Crippen LogP contribution in [0.5, 0.6) is 0 Å². The summed E-state index contributed by atoms with van der Waals surface area (Å²) in [5.74, 6) is 1.58. The van der Waals surface area contributed by atoms with E-state index in [1.807, 2.05) is 43.3 Å². The van der Waals surface area contributed by atoms with E-state index in [1.54, 1.807) is 6.07 Å². The maximum Gasteiger partial charge on any atom is 0.193 e. The minimum atomic E-state index is -0.120. The van der Waals surface area contributed by atoms with E-state index in [0.717, 1.165) is 29.0 Å². The van der Waals surface area contributed by atoms with Crippen molar-refractivity contribution in [3.8, 4) is 0 Å². The standard InChI is InChI=1S/C15H14ClNO2/c1-2-17-15(12-7-8-14(16)19-12)13-9-10-5-3-4-6-11(10)18-13/h3-9,15,17H,2H2,1H3. The lowest BCUT2D eigenvalue weighted by atomic mass is 10.1. The smallest absolute Gasteiger partial charge is 0.193 e. The molecular weight excluding hydrogens is 262 g/mol. The molecule has 2 aromatic heterocycles. The van der Waals surface area contributed by atoms with Crippen molar-refractivity contribution in [3.05, 3.63) is 59.2 Å². The first kappa shape index (κ1) is 12.3. The van der Waals surface area contributed by atoms with Crippen molar-refractivity contribution < 1.29 is 8.83 Å².